The third-order valence-corrected chi connectivity index (χ3v) is 4.72. The van der Waals surface area contributed by atoms with Crippen LogP contribution in [-0.2, 0) is 15.9 Å². The van der Waals surface area contributed by atoms with E-state index in [0.717, 1.165) is 22.9 Å². The number of aromatic nitrogens is 1. The maximum Gasteiger partial charge on any atom is 0.184 e. The lowest BCUT2D eigenvalue weighted by Crippen LogP contribution is -2.01. The molecule has 4 nitrogen and oxygen atoms in total. The Balaban J connectivity index is 1.82. The summed E-state index contributed by atoms with van der Waals surface area (Å²) < 4.78 is 11.9. The molecule has 3 aromatic rings. The van der Waals surface area contributed by atoms with Crippen LogP contribution in [-0.4, -0.2) is 23.3 Å². The van der Waals surface area contributed by atoms with Crippen molar-refractivity contribution in [2.75, 3.05) is 13.2 Å². The SMILES string of the molecule is Oc1c(Br)cc(C2OCCO2)c2cc(Cc3ccccc3)cnc12. The molecule has 1 fully saturated rings. The number of aromatic hydroxyl groups is 1. The lowest BCUT2D eigenvalue weighted by atomic mass is 10.0. The molecule has 0 bridgehead atoms. The number of fused-ring (bicyclic) bond motifs is 1. The molecule has 1 N–H and O–H groups in total. The number of benzene rings is 2. The van der Waals surface area contributed by atoms with Crippen LogP contribution < -0.4 is 0 Å². The fourth-order valence-electron chi connectivity index (χ4n) is 2.97. The zero-order valence-corrected chi connectivity index (χ0v) is 14.5. The highest BCUT2D eigenvalue weighted by Crippen LogP contribution is 2.39. The van der Waals surface area contributed by atoms with Gasteiger partial charge in [0, 0.05) is 17.1 Å². The molecule has 5 heteroatoms. The molecule has 0 radical (unpaired) electrons. The van der Waals surface area contributed by atoms with E-state index in [2.05, 4.69) is 39.1 Å². The van der Waals surface area contributed by atoms with Gasteiger partial charge in [0.25, 0.3) is 0 Å². The third kappa shape index (κ3) is 2.90. The Hall–Kier alpha value is -1.95. The van der Waals surface area contributed by atoms with Gasteiger partial charge >= 0.3 is 0 Å². The van der Waals surface area contributed by atoms with Gasteiger partial charge in [-0.25, -0.2) is 0 Å². The van der Waals surface area contributed by atoms with Crippen LogP contribution in [0.1, 0.15) is 23.0 Å². The van der Waals surface area contributed by atoms with E-state index in [9.17, 15) is 5.11 Å². The first kappa shape index (κ1) is 15.6. The number of phenolic OH excluding ortho intramolecular Hbond substituents is 1. The second-order valence-corrected chi connectivity index (χ2v) is 6.63. The van der Waals surface area contributed by atoms with Crippen molar-refractivity contribution in [2.45, 2.75) is 12.7 Å². The molecule has 0 atom stereocenters. The Morgan fingerprint density at radius 1 is 1.08 bits per heavy atom. The molecule has 1 aliphatic heterocycles. The maximum atomic E-state index is 10.3. The highest BCUT2D eigenvalue weighted by atomic mass is 79.9. The Morgan fingerprint density at radius 3 is 2.58 bits per heavy atom. The van der Waals surface area contributed by atoms with E-state index in [4.69, 9.17) is 9.47 Å². The maximum absolute atomic E-state index is 10.3. The van der Waals surface area contributed by atoms with Crippen LogP contribution >= 0.6 is 15.9 Å². The van der Waals surface area contributed by atoms with E-state index in [1.807, 2.05) is 30.5 Å². The number of ether oxygens (including phenoxy) is 2. The molecular formula is C19H16BrNO3. The number of halogens is 1. The molecule has 2 aromatic carbocycles. The van der Waals surface area contributed by atoms with Crippen LogP contribution in [0.15, 0.2) is 53.1 Å². The second kappa shape index (κ2) is 6.51. The molecule has 122 valence electrons. The first-order valence-corrected chi connectivity index (χ1v) is 8.59. The molecule has 0 amide bonds. The minimum absolute atomic E-state index is 0.137. The quantitative estimate of drug-likeness (QED) is 0.728. The van der Waals surface area contributed by atoms with E-state index in [-0.39, 0.29) is 5.75 Å². The van der Waals surface area contributed by atoms with Gasteiger partial charge in [-0.15, -0.1) is 0 Å². The third-order valence-electron chi connectivity index (χ3n) is 4.11. The van der Waals surface area contributed by atoms with Crippen LogP contribution in [0.5, 0.6) is 5.75 Å². The summed E-state index contributed by atoms with van der Waals surface area (Å²) >= 11 is 3.39. The minimum Gasteiger partial charge on any atom is -0.505 e. The molecule has 0 spiro atoms. The van der Waals surface area contributed by atoms with Gasteiger partial charge in [0.05, 0.1) is 17.7 Å². The van der Waals surface area contributed by atoms with Crippen LogP contribution in [0.25, 0.3) is 10.9 Å². The van der Waals surface area contributed by atoms with Crippen molar-refractivity contribution in [2.24, 2.45) is 0 Å². The summed E-state index contributed by atoms with van der Waals surface area (Å²) in [5.74, 6) is 0.137. The molecule has 0 unspecified atom stereocenters. The number of nitrogens with zero attached hydrogens (tertiary/aromatic N) is 1. The molecular weight excluding hydrogens is 370 g/mol. The van der Waals surface area contributed by atoms with Gasteiger partial charge in [-0.3, -0.25) is 4.98 Å². The number of pyridine rings is 1. The Bertz CT molecular complexity index is 877. The fraction of sp³-hybridized carbons (Fsp3) is 0.211. The molecule has 1 aliphatic rings. The number of hydrogen-bond donors (Lipinski definition) is 1. The van der Waals surface area contributed by atoms with Crippen molar-refractivity contribution in [3.05, 3.63) is 69.8 Å². The van der Waals surface area contributed by atoms with Crippen molar-refractivity contribution < 1.29 is 14.6 Å². The zero-order chi connectivity index (χ0) is 16.5. The van der Waals surface area contributed by atoms with Crippen molar-refractivity contribution in [3.8, 4) is 5.75 Å². The van der Waals surface area contributed by atoms with Gasteiger partial charge in [-0.05, 0) is 45.6 Å². The van der Waals surface area contributed by atoms with Gasteiger partial charge in [-0.1, -0.05) is 30.3 Å². The van der Waals surface area contributed by atoms with E-state index >= 15 is 0 Å². The van der Waals surface area contributed by atoms with Gasteiger partial charge in [-0.2, -0.15) is 0 Å². The summed E-state index contributed by atoms with van der Waals surface area (Å²) in [6.07, 6.45) is 2.17. The summed E-state index contributed by atoms with van der Waals surface area (Å²) in [7, 11) is 0. The average Bonchev–Trinajstić information content (AvgIpc) is 3.13. The van der Waals surface area contributed by atoms with Crippen molar-refractivity contribution in [1.82, 2.24) is 4.98 Å². The van der Waals surface area contributed by atoms with E-state index in [0.29, 0.717) is 23.2 Å². The molecule has 0 saturated carbocycles. The average molecular weight is 386 g/mol. The molecule has 1 aromatic heterocycles. The van der Waals surface area contributed by atoms with Crippen molar-refractivity contribution in [3.63, 3.8) is 0 Å². The second-order valence-electron chi connectivity index (χ2n) is 5.77. The molecule has 24 heavy (non-hydrogen) atoms. The largest absolute Gasteiger partial charge is 0.505 e. The highest BCUT2D eigenvalue weighted by molar-refractivity contribution is 9.10. The first-order chi connectivity index (χ1) is 11.7. The van der Waals surface area contributed by atoms with Gasteiger partial charge in [0.15, 0.2) is 12.0 Å². The molecule has 1 saturated heterocycles. The van der Waals surface area contributed by atoms with E-state index < -0.39 is 6.29 Å². The summed E-state index contributed by atoms with van der Waals surface area (Å²) in [5, 5.41) is 11.2. The monoisotopic (exact) mass is 385 g/mol. The Kier molecular flexibility index (Phi) is 4.22. The van der Waals surface area contributed by atoms with E-state index in [1.54, 1.807) is 0 Å². The molecule has 2 heterocycles. The highest BCUT2D eigenvalue weighted by Gasteiger charge is 2.23. The first-order valence-electron chi connectivity index (χ1n) is 7.79. The number of rotatable bonds is 3. The number of hydrogen-bond acceptors (Lipinski definition) is 4. The fourth-order valence-corrected chi connectivity index (χ4v) is 3.41. The predicted molar refractivity (Wildman–Crippen MR) is 95.0 cm³/mol. The molecule has 4 rings (SSSR count). The number of phenols is 1. The smallest absolute Gasteiger partial charge is 0.184 e. The summed E-state index contributed by atoms with van der Waals surface area (Å²) in [4.78, 5) is 4.48. The van der Waals surface area contributed by atoms with Crippen LogP contribution in [0.4, 0.5) is 0 Å². The Labute approximate surface area is 148 Å². The van der Waals surface area contributed by atoms with Crippen LogP contribution in [0.2, 0.25) is 0 Å². The summed E-state index contributed by atoms with van der Waals surface area (Å²) in [5.41, 5.74) is 3.73. The topological polar surface area (TPSA) is 51.6 Å². The standard InChI is InChI=1S/C19H16BrNO3/c20-16-10-15(19-23-6-7-24-19)14-9-13(11-21-17(14)18(16)22)8-12-4-2-1-3-5-12/h1-5,9-11,19,22H,6-8H2. The van der Waals surface area contributed by atoms with Crippen molar-refractivity contribution >= 4 is 26.8 Å². The molecule has 0 aliphatic carbocycles. The van der Waals surface area contributed by atoms with Gasteiger partial charge in [0.2, 0.25) is 0 Å². The zero-order valence-electron chi connectivity index (χ0n) is 12.9. The lowest BCUT2D eigenvalue weighted by Gasteiger charge is -2.15. The van der Waals surface area contributed by atoms with Crippen molar-refractivity contribution in [1.29, 1.82) is 0 Å². The van der Waals surface area contributed by atoms with Crippen LogP contribution in [0.3, 0.4) is 0 Å². The summed E-state index contributed by atoms with van der Waals surface area (Å²) in [6.45, 7) is 1.14. The summed E-state index contributed by atoms with van der Waals surface area (Å²) in [6, 6.07) is 14.1. The normalized spacial score (nSPS) is 15.2. The minimum atomic E-state index is -0.418. The Morgan fingerprint density at radius 2 is 1.83 bits per heavy atom. The van der Waals surface area contributed by atoms with Crippen LogP contribution in [0, 0.1) is 0 Å². The van der Waals surface area contributed by atoms with E-state index in [1.165, 1.54) is 5.56 Å². The predicted octanol–water partition coefficient (Wildman–Crippen LogP) is 4.34. The lowest BCUT2D eigenvalue weighted by molar-refractivity contribution is -0.0430. The van der Waals surface area contributed by atoms with Gasteiger partial charge < -0.3 is 14.6 Å². The van der Waals surface area contributed by atoms with Gasteiger partial charge in [0.1, 0.15) is 5.52 Å².